The van der Waals surface area contributed by atoms with Crippen LogP contribution in [-0.2, 0) is 11.3 Å². The topological polar surface area (TPSA) is 59.8 Å². The van der Waals surface area contributed by atoms with Gasteiger partial charge in [-0.1, -0.05) is 30.3 Å². The second-order valence-corrected chi connectivity index (χ2v) is 6.16. The van der Waals surface area contributed by atoms with Crippen LogP contribution in [0.25, 0.3) is 11.1 Å². The van der Waals surface area contributed by atoms with Crippen molar-refractivity contribution >= 4 is 22.4 Å². The van der Waals surface area contributed by atoms with Crippen molar-refractivity contribution in [2.24, 2.45) is 0 Å². The third kappa shape index (κ3) is 4.26. The summed E-state index contributed by atoms with van der Waals surface area (Å²) in [6, 6.07) is 10.1. The van der Waals surface area contributed by atoms with Crippen LogP contribution in [0, 0.1) is 6.92 Å². The van der Waals surface area contributed by atoms with E-state index in [1.165, 1.54) is 11.3 Å². The number of aryl methyl sites for hydroxylation is 2. The second kappa shape index (κ2) is 7.19. The SMILES string of the molecule is Cc1csc(NC(=O)CCCn2cc(-c3ccccc3)cn2)n1. The molecule has 2 aromatic heterocycles. The summed E-state index contributed by atoms with van der Waals surface area (Å²) in [7, 11) is 0. The van der Waals surface area contributed by atoms with Gasteiger partial charge in [0.1, 0.15) is 0 Å². The normalized spacial score (nSPS) is 10.7. The Kier molecular flexibility index (Phi) is 4.83. The molecule has 0 fully saturated rings. The van der Waals surface area contributed by atoms with Gasteiger partial charge in [0.25, 0.3) is 0 Å². The Hall–Kier alpha value is -2.47. The number of aromatic nitrogens is 3. The molecule has 0 unspecified atom stereocenters. The van der Waals surface area contributed by atoms with E-state index in [0.29, 0.717) is 11.6 Å². The summed E-state index contributed by atoms with van der Waals surface area (Å²) in [6.07, 6.45) is 5.07. The van der Waals surface area contributed by atoms with Gasteiger partial charge in [-0.3, -0.25) is 9.48 Å². The summed E-state index contributed by atoms with van der Waals surface area (Å²) in [4.78, 5) is 16.1. The Morgan fingerprint density at radius 3 is 2.83 bits per heavy atom. The van der Waals surface area contributed by atoms with Gasteiger partial charge in [0.15, 0.2) is 5.13 Å². The first-order chi connectivity index (χ1) is 11.2. The van der Waals surface area contributed by atoms with Crippen LogP contribution < -0.4 is 5.32 Å². The molecular formula is C17H18N4OS. The molecule has 6 heteroatoms. The van der Waals surface area contributed by atoms with Crippen molar-refractivity contribution in [2.75, 3.05) is 5.32 Å². The Morgan fingerprint density at radius 1 is 1.26 bits per heavy atom. The van der Waals surface area contributed by atoms with Crippen molar-refractivity contribution in [3.8, 4) is 11.1 Å². The number of thiazole rings is 1. The fourth-order valence-electron chi connectivity index (χ4n) is 2.26. The maximum atomic E-state index is 11.9. The zero-order valence-corrected chi connectivity index (χ0v) is 13.7. The molecule has 5 nitrogen and oxygen atoms in total. The molecule has 0 radical (unpaired) electrons. The van der Waals surface area contributed by atoms with Crippen molar-refractivity contribution < 1.29 is 4.79 Å². The number of nitrogens with one attached hydrogen (secondary N) is 1. The third-order valence-corrected chi connectivity index (χ3v) is 4.27. The molecule has 0 saturated carbocycles. The molecule has 1 amide bonds. The lowest BCUT2D eigenvalue weighted by atomic mass is 10.1. The van der Waals surface area contributed by atoms with Crippen LogP contribution in [0.1, 0.15) is 18.5 Å². The molecule has 2 heterocycles. The molecule has 118 valence electrons. The van der Waals surface area contributed by atoms with Gasteiger partial charge in [0.2, 0.25) is 5.91 Å². The van der Waals surface area contributed by atoms with Crippen molar-refractivity contribution in [2.45, 2.75) is 26.3 Å². The second-order valence-electron chi connectivity index (χ2n) is 5.30. The number of carbonyl (C=O) groups is 1. The number of hydrogen-bond donors (Lipinski definition) is 1. The molecule has 1 N–H and O–H groups in total. The van der Waals surface area contributed by atoms with E-state index in [-0.39, 0.29) is 5.91 Å². The molecule has 0 saturated heterocycles. The summed E-state index contributed by atoms with van der Waals surface area (Å²) in [6.45, 7) is 2.63. The van der Waals surface area contributed by atoms with Gasteiger partial charge in [0.05, 0.1) is 11.9 Å². The minimum atomic E-state index is -0.00483. The van der Waals surface area contributed by atoms with Gasteiger partial charge in [0, 0.05) is 30.1 Å². The van der Waals surface area contributed by atoms with Gasteiger partial charge < -0.3 is 5.32 Å². The number of amides is 1. The molecule has 0 atom stereocenters. The largest absolute Gasteiger partial charge is 0.302 e. The van der Waals surface area contributed by atoms with Crippen LogP contribution in [0.3, 0.4) is 0 Å². The average Bonchev–Trinajstić information content (AvgIpc) is 3.17. The first-order valence-corrected chi connectivity index (χ1v) is 8.38. The van der Waals surface area contributed by atoms with Crippen LogP contribution >= 0.6 is 11.3 Å². The molecule has 23 heavy (non-hydrogen) atoms. The van der Waals surface area contributed by atoms with Gasteiger partial charge in [-0.05, 0) is 18.9 Å². The smallest absolute Gasteiger partial charge is 0.226 e. The van der Waals surface area contributed by atoms with Gasteiger partial charge >= 0.3 is 0 Å². The quantitative estimate of drug-likeness (QED) is 0.751. The van der Waals surface area contributed by atoms with Gasteiger partial charge in [-0.15, -0.1) is 11.3 Å². The number of anilines is 1. The average molecular weight is 326 g/mol. The number of benzene rings is 1. The molecule has 0 spiro atoms. The standard InChI is InChI=1S/C17H18N4OS/c1-13-12-23-17(19-13)20-16(22)8-5-9-21-11-15(10-18-21)14-6-3-2-4-7-14/h2-4,6-7,10-12H,5,8-9H2,1H3,(H,19,20,22). The highest BCUT2D eigenvalue weighted by molar-refractivity contribution is 7.13. The molecule has 0 aliphatic carbocycles. The molecule has 1 aromatic carbocycles. The van der Waals surface area contributed by atoms with Gasteiger partial charge in [-0.2, -0.15) is 5.10 Å². The summed E-state index contributed by atoms with van der Waals surface area (Å²) < 4.78 is 1.88. The summed E-state index contributed by atoms with van der Waals surface area (Å²) in [5.41, 5.74) is 3.17. The number of rotatable bonds is 6. The van der Waals surface area contributed by atoms with E-state index in [1.807, 2.05) is 47.6 Å². The first kappa shape index (κ1) is 15.4. The lowest BCUT2D eigenvalue weighted by molar-refractivity contribution is -0.116. The molecular weight excluding hydrogens is 308 g/mol. The lowest BCUT2D eigenvalue weighted by Gasteiger charge is -2.02. The third-order valence-electron chi connectivity index (χ3n) is 3.40. The van der Waals surface area contributed by atoms with E-state index >= 15 is 0 Å². The molecule has 0 bridgehead atoms. The van der Waals surface area contributed by atoms with Crippen molar-refractivity contribution in [3.05, 3.63) is 53.8 Å². The van der Waals surface area contributed by atoms with E-state index in [2.05, 4.69) is 27.5 Å². The molecule has 0 aliphatic heterocycles. The minimum Gasteiger partial charge on any atom is -0.302 e. The van der Waals surface area contributed by atoms with Crippen molar-refractivity contribution in [1.29, 1.82) is 0 Å². The van der Waals surface area contributed by atoms with Gasteiger partial charge in [-0.25, -0.2) is 4.98 Å². The highest BCUT2D eigenvalue weighted by Crippen LogP contribution is 2.18. The maximum absolute atomic E-state index is 11.9. The van der Waals surface area contributed by atoms with E-state index in [1.54, 1.807) is 0 Å². The first-order valence-electron chi connectivity index (χ1n) is 7.50. The zero-order valence-electron chi connectivity index (χ0n) is 12.9. The highest BCUT2D eigenvalue weighted by Gasteiger charge is 2.06. The molecule has 0 aliphatic rings. The monoisotopic (exact) mass is 326 g/mol. The Morgan fingerprint density at radius 2 is 2.09 bits per heavy atom. The van der Waals surface area contributed by atoms with E-state index in [9.17, 15) is 4.79 Å². The van der Waals surface area contributed by atoms with E-state index < -0.39 is 0 Å². The Balaban J connectivity index is 1.47. The van der Waals surface area contributed by atoms with Crippen LogP contribution in [0.15, 0.2) is 48.1 Å². The van der Waals surface area contributed by atoms with E-state index in [0.717, 1.165) is 29.8 Å². The summed E-state index contributed by atoms with van der Waals surface area (Å²) in [5.74, 6) is -0.00483. The lowest BCUT2D eigenvalue weighted by Crippen LogP contribution is -2.12. The van der Waals surface area contributed by atoms with Crippen molar-refractivity contribution in [3.63, 3.8) is 0 Å². The zero-order chi connectivity index (χ0) is 16.1. The number of carbonyl (C=O) groups excluding carboxylic acids is 1. The van der Waals surface area contributed by atoms with Crippen LogP contribution in [0.5, 0.6) is 0 Å². The number of hydrogen-bond acceptors (Lipinski definition) is 4. The minimum absolute atomic E-state index is 0.00483. The fourth-order valence-corrected chi connectivity index (χ4v) is 2.96. The highest BCUT2D eigenvalue weighted by atomic mass is 32.1. The fraction of sp³-hybridized carbons (Fsp3) is 0.235. The summed E-state index contributed by atoms with van der Waals surface area (Å²) in [5, 5.41) is 9.76. The van der Waals surface area contributed by atoms with Crippen LogP contribution in [-0.4, -0.2) is 20.7 Å². The Labute approximate surface area is 139 Å². The molecule has 3 rings (SSSR count). The number of nitrogens with zero attached hydrogens (tertiary/aromatic N) is 3. The van der Waals surface area contributed by atoms with Crippen LogP contribution in [0.4, 0.5) is 5.13 Å². The van der Waals surface area contributed by atoms with E-state index in [4.69, 9.17) is 0 Å². The van der Waals surface area contributed by atoms with Crippen molar-refractivity contribution in [1.82, 2.24) is 14.8 Å². The van der Waals surface area contributed by atoms with Crippen LogP contribution in [0.2, 0.25) is 0 Å². The summed E-state index contributed by atoms with van der Waals surface area (Å²) >= 11 is 1.45. The predicted molar refractivity (Wildman–Crippen MR) is 92.4 cm³/mol. The molecule has 3 aromatic rings. The Bertz CT molecular complexity index is 779. The maximum Gasteiger partial charge on any atom is 0.226 e. The predicted octanol–water partition coefficient (Wildman–Crippen LogP) is 3.73.